The molecule has 0 atom stereocenters. The van der Waals surface area contributed by atoms with Gasteiger partial charge in [0.25, 0.3) is 0 Å². The molecule has 2 heteroatoms. The van der Waals surface area contributed by atoms with Gasteiger partial charge in [0.05, 0.1) is 0 Å². The lowest BCUT2D eigenvalue weighted by atomic mass is 9.93. The van der Waals surface area contributed by atoms with Crippen molar-refractivity contribution in [3.8, 4) is 0 Å². The molecule has 0 heterocycles. The molecule has 0 aromatic heterocycles. The highest BCUT2D eigenvalue weighted by Gasteiger charge is 2.22. The molecule has 26 heavy (non-hydrogen) atoms. The van der Waals surface area contributed by atoms with Gasteiger partial charge in [0.1, 0.15) is 0 Å². The smallest absolute Gasteiger partial charge is 0.239 e. The molecule has 1 nitrogen and oxygen atoms in total. The highest BCUT2D eigenvalue weighted by molar-refractivity contribution is 6.87. The standard InChI is InChI=1S/C24H28NSi/c1-18(2)22-16-11-17-23(19(3)4)24(22)25-26(20-12-7-5-8-13-20)21-14-9-6-10-15-21/h5-19,25H,1-4H3. The van der Waals surface area contributed by atoms with E-state index in [2.05, 4.69) is 112 Å². The third-order valence-electron chi connectivity index (χ3n) is 4.75. The Balaban J connectivity index is 2.11. The summed E-state index contributed by atoms with van der Waals surface area (Å²) in [5.74, 6) is 0.983. The Hall–Kier alpha value is -2.32. The van der Waals surface area contributed by atoms with Crippen LogP contribution in [0.1, 0.15) is 50.7 Å². The zero-order chi connectivity index (χ0) is 18.5. The molecule has 3 aromatic carbocycles. The number of hydrogen-bond donors (Lipinski definition) is 1. The first-order valence-electron chi connectivity index (χ1n) is 9.45. The summed E-state index contributed by atoms with van der Waals surface area (Å²) in [6.07, 6.45) is 0. The Labute approximate surface area is 159 Å². The molecule has 1 radical (unpaired) electrons. The summed E-state index contributed by atoms with van der Waals surface area (Å²) < 4.78 is 0. The minimum Gasteiger partial charge on any atom is -0.403 e. The maximum Gasteiger partial charge on any atom is 0.239 e. The Morgan fingerprint density at radius 1 is 0.577 bits per heavy atom. The third-order valence-corrected chi connectivity index (χ3v) is 7.07. The fourth-order valence-corrected chi connectivity index (χ4v) is 5.55. The predicted octanol–water partition coefficient (Wildman–Crippen LogP) is 5.15. The molecule has 0 aliphatic carbocycles. The van der Waals surface area contributed by atoms with Gasteiger partial charge in [0.15, 0.2) is 0 Å². The lowest BCUT2D eigenvalue weighted by molar-refractivity contribution is 0.839. The minimum atomic E-state index is -1.11. The number of nitrogens with one attached hydrogen (secondary N) is 1. The molecule has 0 spiro atoms. The molecule has 0 aliphatic heterocycles. The second kappa shape index (κ2) is 8.37. The Morgan fingerprint density at radius 2 is 1.00 bits per heavy atom. The van der Waals surface area contributed by atoms with E-state index in [0.717, 1.165) is 0 Å². The van der Waals surface area contributed by atoms with Gasteiger partial charge < -0.3 is 4.98 Å². The van der Waals surface area contributed by atoms with Crippen LogP contribution in [0, 0.1) is 0 Å². The monoisotopic (exact) mass is 358 g/mol. The van der Waals surface area contributed by atoms with Crippen molar-refractivity contribution in [1.82, 2.24) is 0 Å². The molecule has 3 rings (SSSR count). The number of benzene rings is 3. The first-order chi connectivity index (χ1) is 12.6. The molecule has 0 saturated heterocycles. The molecule has 1 N–H and O–H groups in total. The third kappa shape index (κ3) is 4.08. The van der Waals surface area contributed by atoms with E-state index in [0.29, 0.717) is 11.8 Å². The van der Waals surface area contributed by atoms with Crippen LogP contribution in [-0.2, 0) is 0 Å². The summed E-state index contributed by atoms with van der Waals surface area (Å²) in [4.78, 5) is 4.01. The summed E-state index contributed by atoms with van der Waals surface area (Å²) in [6, 6.07) is 28.5. The summed E-state index contributed by atoms with van der Waals surface area (Å²) in [7, 11) is -1.11. The minimum absolute atomic E-state index is 0.492. The number of rotatable bonds is 6. The van der Waals surface area contributed by atoms with E-state index in [9.17, 15) is 0 Å². The molecule has 0 fully saturated rings. The normalized spacial score (nSPS) is 11.3. The van der Waals surface area contributed by atoms with Gasteiger partial charge in [-0.1, -0.05) is 107 Å². The maximum absolute atomic E-state index is 4.01. The van der Waals surface area contributed by atoms with Crippen LogP contribution in [0.15, 0.2) is 78.9 Å². The van der Waals surface area contributed by atoms with E-state index in [1.165, 1.54) is 27.2 Å². The molecule has 0 saturated carbocycles. The zero-order valence-electron chi connectivity index (χ0n) is 16.2. The van der Waals surface area contributed by atoms with Crippen molar-refractivity contribution in [1.29, 1.82) is 0 Å². The van der Waals surface area contributed by atoms with Gasteiger partial charge in [0, 0.05) is 5.69 Å². The van der Waals surface area contributed by atoms with Crippen LogP contribution < -0.4 is 15.4 Å². The van der Waals surface area contributed by atoms with Crippen molar-refractivity contribution < 1.29 is 0 Å². The van der Waals surface area contributed by atoms with Crippen molar-refractivity contribution >= 4 is 25.0 Å². The van der Waals surface area contributed by atoms with E-state index < -0.39 is 8.96 Å². The zero-order valence-corrected chi connectivity index (χ0v) is 17.2. The Bertz CT molecular complexity index is 760. The summed E-state index contributed by atoms with van der Waals surface area (Å²) in [6.45, 7) is 9.12. The molecule has 133 valence electrons. The van der Waals surface area contributed by atoms with Crippen LogP contribution in [-0.4, -0.2) is 8.96 Å². The fourth-order valence-electron chi connectivity index (χ4n) is 3.34. The van der Waals surface area contributed by atoms with E-state index in [-0.39, 0.29) is 0 Å². The summed E-state index contributed by atoms with van der Waals surface area (Å²) in [5.41, 5.74) is 4.15. The van der Waals surface area contributed by atoms with E-state index in [4.69, 9.17) is 0 Å². The lowest BCUT2D eigenvalue weighted by Crippen LogP contribution is -2.49. The number of hydrogen-bond acceptors (Lipinski definition) is 1. The highest BCUT2D eigenvalue weighted by Crippen LogP contribution is 2.32. The van der Waals surface area contributed by atoms with Gasteiger partial charge in [-0.2, -0.15) is 0 Å². The molecule has 0 bridgehead atoms. The lowest BCUT2D eigenvalue weighted by Gasteiger charge is -2.25. The largest absolute Gasteiger partial charge is 0.403 e. The predicted molar refractivity (Wildman–Crippen MR) is 116 cm³/mol. The van der Waals surface area contributed by atoms with Gasteiger partial charge in [-0.15, -0.1) is 0 Å². The quantitative estimate of drug-likeness (QED) is 0.601. The molecule has 3 aromatic rings. The number of para-hydroxylation sites is 1. The van der Waals surface area contributed by atoms with Crippen LogP contribution >= 0.6 is 0 Å². The van der Waals surface area contributed by atoms with Crippen molar-refractivity contribution in [2.75, 3.05) is 4.98 Å². The van der Waals surface area contributed by atoms with E-state index in [1.807, 2.05) is 0 Å². The van der Waals surface area contributed by atoms with E-state index in [1.54, 1.807) is 0 Å². The van der Waals surface area contributed by atoms with Gasteiger partial charge in [0.2, 0.25) is 8.96 Å². The molecular formula is C24H28NSi. The van der Waals surface area contributed by atoms with Crippen LogP contribution in [0.5, 0.6) is 0 Å². The van der Waals surface area contributed by atoms with Gasteiger partial charge >= 0.3 is 0 Å². The maximum atomic E-state index is 4.01. The second-order valence-electron chi connectivity index (χ2n) is 7.35. The number of anilines is 1. The van der Waals surface area contributed by atoms with Gasteiger partial charge in [-0.25, -0.2) is 0 Å². The molecule has 0 unspecified atom stereocenters. The first-order valence-corrected chi connectivity index (χ1v) is 11.0. The average molecular weight is 359 g/mol. The molecule has 0 amide bonds. The van der Waals surface area contributed by atoms with E-state index >= 15 is 0 Å². The second-order valence-corrected chi connectivity index (χ2v) is 9.51. The summed E-state index contributed by atoms with van der Waals surface area (Å²) in [5, 5.41) is 2.77. The van der Waals surface area contributed by atoms with Crippen molar-refractivity contribution in [3.05, 3.63) is 90.0 Å². The van der Waals surface area contributed by atoms with Gasteiger partial charge in [-0.3, -0.25) is 0 Å². The summed E-state index contributed by atoms with van der Waals surface area (Å²) >= 11 is 0. The van der Waals surface area contributed by atoms with Crippen LogP contribution in [0.3, 0.4) is 0 Å². The Morgan fingerprint density at radius 3 is 1.38 bits per heavy atom. The Kier molecular flexibility index (Phi) is 5.95. The topological polar surface area (TPSA) is 12.0 Å². The van der Waals surface area contributed by atoms with Crippen LogP contribution in [0.2, 0.25) is 0 Å². The molecular weight excluding hydrogens is 330 g/mol. The van der Waals surface area contributed by atoms with Crippen LogP contribution in [0.25, 0.3) is 0 Å². The SMILES string of the molecule is CC(C)c1cccc(C(C)C)c1N[Si](c1ccccc1)c1ccccc1. The van der Waals surface area contributed by atoms with Crippen molar-refractivity contribution in [3.63, 3.8) is 0 Å². The molecule has 0 aliphatic rings. The van der Waals surface area contributed by atoms with Crippen molar-refractivity contribution in [2.45, 2.75) is 39.5 Å². The average Bonchev–Trinajstić information content (AvgIpc) is 2.67. The highest BCUT2D eigenvalue weighted by atomic mass is 28.3. The van der Waals surface area contributed by atoms with Gasteiger partial charge in [-0.05, 0) is 33.3 Å². The van der Waals surface area contributed by atoms with Crippen LogP contribution in [0.4, 0.5) is 5.69 Å². The first kappa shape index (κ1) is 18.5. The fraction of sp³-hybridized carbons (Fsp3) is 0.250. The van der Waals surface area contributed by atoms with Crippen molar-refractivity contribution in [2.24, 2.45) is 0 Å².